The first kappa shape index (κ1) is 16.8. The van der Waals surface area contributed by atoms with Crippen molar-refractivity contribution in [1.82, 2.24) is 4.90 Å². The number of fused-ring (bicyclic) bond motifs is 1. The van der Waals surface area contributed by atoms with E-state index in [2.05, 4.69) is 0 Å². The van der Waals surface area contributed by atoms with E-state index in [0.29, 0.717) is 11.0 Å². The molecule has 0 aromatic heterocycles. The maximum Gasteiger partial charge on any atom is 0.327 e. The topological polar surface area (TPSA) is 74.7 Å². The van der Waals surface area contributed by atoms with Gasteiger partial charge in [0.15, 0.2) is 0 Å². The van der Waals surface area contributed by atoms with Crippen molar-refractivity contribution in [1.29, 1.82) is 0 Å². The lowest BCUT2D eigenvalue weighted by Gasteiger charge is -2.35. The van der Waals surface area contributed by atoms with Crippen LogP contribution >= 0.6 is 0 Å². The molecule has 0 saturated carbocycles. The molecule has 0 fully saturated rings. The fourth-order valence-electron chi connectivity index (χ4n) is 2.69. The van der Waals surface area contributed by atoms with Gasteiger partial charge in [0, 0.05) is 5.41 Å². The van der Waals surface area contributed by atoms with Gasteiger partial charge in [-0.25, -0.2) is 4.79 Å². The molecule has 1 heterocycles. The lowest BCUT2D eigenvalue weighted by Crippen LogP contribution is -2.52. The Morgan fingerprint density at radius 3 is 2.09 bits per heavy atom. The maximum absolute atomic E-state index is 12.4. The Labute approximate surface area is 131 Å². The number of benzene rings is 1. The van der Waals surface area contributed by atoms with Crippen molar-refractivity contribution < 1.29 is 28.3 Å². The summed E-state index contributed by atoms with van der Waals surface area (Å²) in [7, 11) is 0. The van der Waals surface area contributed by atoms with Gasteiger partial charge >= 0.3 is 5.97 Å². The molecule has 1 atom stereocenters. The summed E-state index contributed by atoms with van der Waals surface area (Å²) in [6.07, 6.45) is -1.64. The third-order valence-corrected chi connectivity index (χ3v) is 3.84. The van der Waals surface area contributed by atoms with Crippen molar-refractivity contribution in [3.63, 3.8) is 0 Å². The minimum Gasteiger partial charge on any atom is -0.480 e. The van der Waals surface area contributed by atoms with Gasteiger partial charge in [-0.1, -0.05) is 26.0 Å². The molecule has 1 aromatic carbocycles. The van der Waals surface area contributed by atoms with Crippen LogP contribution in [-0.2, 0) is 4.79 Å². The monoisotopic (exact) mass is 323 g/mol. The molecule has 2 amide bonds. The second-order valence-corrected chi connectivity index (χ2v) is 5.95. The Morgan fingerprint density at radius 1 is 1.22 bits per heavy atom. The van der Waals surface area contributed by atoms with E-state index in [1.807, 2.05) is 0 Å². The molecule has 7 heteroatoms. The number of carbonyl (C=O) groups excluding carboxylic acids is 2. The smallest absolute Gasteiger partial charge is 0.327 e. The number of rotatable bonds is 5. The highest BCUT2D eigenvalue weighted by Gasteiger charge is 2.49. The Kier molecular flexibility index (Phi) is 4.31. The third-order valence-electron chi connectivity index (χ3n) is 3.84. The SMILES string of the molecule is CC(C)(CC=C(F)F)C(C(=O)O)N1C(=O)c2ccccc2C1=O. The number of imide groups is 1. The van der Waals surface area contributed by atoms with Crippen LogP contribution in [0.1, 0.15) is 41.0 Å². The molecule has 23 heavy (non-hydrogen) atoms. The van der Waals surface area contributed by atoms with Crippen molar-refractivity contribution in [3.8, 4) is 0 Å². The normalized spacial score (nSPS) is 15.4. The molecule has 1 aliphatic heterocycles. The molecule has 122 valence electrons. The standard InChI is InChI=1S/C16H15F2NO4/c1-16(2,8-7-11(17)18)12(15(22)23)19-13(20)9-5-3-4-6-10(9)14(19)21/h3-7,12H,8H2,1-2H3,(H,22,23). The van der Waals surface area contributed by atoms with E-state index in [9.17, 15) is 28.3 Å². The minimum absolute atomic E-state index is 0.117. The molecule has 0 aliphatic carbocycles. The number of hydrogen-bond donors (Lipinski definition) is 1. The zero-order chi connectivity index (χ0) is 17.4. The van der Waals surface area contributed by atoms with E-state index in [1.165, 1.54) is 26.0 Å². The highest BCUT2D eigenvalue weighted by molar-refractivity contribution is 6.22. The zero-order valence-electron chi connectivity index (χ0n) is 12.5. The van der Waals surface area contributed by atoms with Crippen molar-refractivity contribution in [2.24, 2.45) is 5.41 Å². The number of allylic oxidation sites excluding steroid dienone is 1. The van der Waals surface area contributed by atoms with E-state index >= 15 is 0 Å². The molecule has 1 unspecified atom stereocenters. The lowest BCUT2D eigenvalue weighted by atomic mass is 9.80. The molecule has 0 radical (unpaired) electrons. The highest BCUT2D eigenvalue weighted by Crippen LogP contribution is 2.35. The van der Waals surface area contributed by atoms with Gasteiger partial charge < -0.3 is 5.11 Å². The summed E-state index contributed by atoms with van der Waals surface area (Å²) in [5.41, 5.74) is -1.03. The van der Waals surface area contributed by atoms with E-state index < -0.39 is 35.3 Å². The predicted molar refractivity (Wildman–Crippen MR) is 77.1 cm³/mol. The number of nitrogens with zero attached hydrogens (tertiary/aromatic N) is 1. The van der Waals surface area contributed by atoms with Gasteiger partial charge in [-0.3, -0.25) is 14.5 Å². The molecule has 0 spiro atoms. The quantitative estimate of drug-likeness (QED) is 0.846. The summed E-state index contributed by atoms with van der Waals surface area (Å²) < 4.78 is 24.7. The van der Waals surface area contributed by atoms with E-state index in [-0.39, 0.29) is 17.5 Å². The van der Waals surface area contributed by atoms with Gasteiger partial charge in [-0.15, -0.1) is 0 Å². The van der Waals surface area contributed by atoms with E-state index in [0.717, 1.165) is 0 Å². The Hall–Kier alpha value is -2.57. The first-order chi connectivity index (χ1) is 10.7. The van der Waals surface area contributed by atoms with E-state index in [4.69, 9.17) is 0 Å². The molecule has 5 nitrogen and oxygen atoms in total. The van der Waals surface area contributed by atoms with Crippen LogP contribution < -0.4 is 0 Å². The van der Waals surface area contributed by atoms with Crippen molar-refractivity contribution in [3.05, 3.63) is 47.5 Å². The van der Waals surface area contributed by atoms with Crippen LogP contribution in [0.4, 0.5) is 8.78 Å². The first-order valence-electron chi connectivity index (χ1n) is 6.87. The van der Waals surface area contributed by atoms with Gasteiger partial charge in [0.2, 0.25) is 0 Å². The van der Waals surface area contributed by atoms with Crippen LogP contribution in [0.15, 0.2) is 36.4 Å². The van der Waals surface area contributed by atoms with Gasteiger partial charge in [0.1, 0.15) is 6.04 Å². The third kappa shape index (κ3) is 2.99. The number of carboxylic acid groups (broad SMARTS) is 1. The van der Waals surface area contributed by atoms with Crippen LogP contribution in [0.25, 0.3) is 0 Å². The molecular formula is C16H15F2NO4. The van der Waals surface area contributed by atoms with Crippen LogP contribution in [0.3, 0.4) is 0 Å². The number of hydrogen-bond acceptors (Lipinski definition) is 3. The second-order valence-electron chi connectivity index (χ2n) is 5.95. The molecular weight excluding hydrogens is 308 g/mol. The number of carbonyl (C=O) groups is 3. The molecule has 0 saturated heterocycles. The summed E-state index contributed by atoms with van der Waals surface area (Å²) >= 11 is 0. The van der Waals surface area contributed by atoms with Crippen LogP contribution in [0.5, 0.6) is 0 Å². The first-order valence-corrected chi connectivity index (χ1v) is 6.87. The van der Waals surface area contributed by atoms with Crippen LogP contribution in [-0.4, -0.2) is 33.8 Å². The summed E-state index contributed by atoms with van der Waals surface area (Å²) in [5, 5.41) is 9.49. The van der Waals surface area contributed by atoms with Gasteiger partial charge in [-0.2, -0.15) is 8.78 Å². The largest absolute Gasteiger partial charge is 0.480 e. The summed E-state index contributed by atoms with van der Waals surface area (Å²) in [5.74, 6) is -2.87. The van der Waals surface area contributed by atoms with Crippen molar-refractivity contribution >= 4 is 17.8 Å². The van der Waals surface area contributed by atoms with Crippen LogP contribution in [0, 0.1) is 5.41 Å². The minimum atomic E-state index is -1.94. The highest BCUT2D eigenvalue weighted by atomic mass is 19.3. The van der Waals surface area contributed by atoms with Crippen molar-refractivity contribution in [2.75, 3.05) is 0 Å². The number of amides is 2. The van der Waals surface area contributed by atoms with Gasteiger partial charge in [0.05, 0.1) is 11.1 Å². The Morgan fingerprint density at radius 2 is 1.70 bits per heavy atom. The summed E-state index contributed by atoms with van der Waals surface area (Å²) in [6, 6.07) is 4.45. The number of halogens is 2. The van der Waals surface area contributed by atoms with E-state index in [1.54, 1.807) is 12.1 Å². The fraction of sp³-hybridized carbons (Fsp3) is 0.312. The zero-order valence-corrected chi connectivity index (χ0v) is 12.5. The maximum atomic E-state index is 12.4. The van der Waals surface area contributed by atoms with Gasteiger partial charge in [-0.05, 0) is 24.6 Å². The van der Waals surface area contributed by atoms with Crippen LogP contribution in [0.2, 0.25) is 0 Å². The predicted octanol–water partition coefficient (Wildman–Crippen LogP) is 2.93. The fourth-order valence-corrected chi connectivity index (χ4v) is 2.69. The lowest BCUT2D eigenvalue weighted by molar-refractivity contribution is -0.145. The molecule has 1 aliphatic rings. The Balaban J connectivity index is 2.44. The van der Waals surface area contributed by atoms with Crippen molar-refractivity contribution in [2.45, 2.75) is 26.3 Å². The average molecular weight is 323 g/mol. The van der Waals surface area contributed by atoms with Gasteiger partial charge in [0.25, 0.3) is 17.9 Å². The Bertz CT molecular complexity index is 673. The number of carboxylic acids is 1. The molecule has 0 bridgehead atoms. The molecule has 1 N–H and O–H groups in total. The second kappa shape index (κ2) is 5.91. The number of aliphatic carboxylic acids is 1. The summed E-state index contributed by atoms with van der Waals surface area (Å²) in [6.45, 7) is 2.85. The molecule has 2 rings (SSSR count). The summed E-state index contributed by atoms with van der Waals surface area (Å²) in [4.78, 5) is 37.1. The molecule has 1 aromatic rings. The average Bonchev–Trinajstić information content (AvgIpc) is 2.71.